The normalized spacial score (nSPS) is 25.9. The Morgan fingerprint density at radius 3 is 2.42 bits per heavy atom. The smallest absolute Gasteiger partial charge is 0.168 e. The lowest BCUT2D eigenvalue weighted by atomic mass is 10.0. The number of aliphatic hydroxyl groups excluding tert-OH is 4. The van der Waals surface area contributed by atoms with Crippen LogP contribution in [0.15, 0.2) is 47.4 Å². The van der Waals surface area contributed by atoms with Crippen LogP contribution in [0, 0.1) is 0 Å². The second kappa shape index (κ2) is 10.4. The first-order valence-electron chi connectivity index (χ1n) is 9.81. The summed E-state index contributed by atoms with van der Waals surface area (Å²) in [5.74, 6) is 0.226. The van der Waals surface area contributed by atoms with E-state index in [4.69, 9.17) is 9.47 Å². The molecule has 0 radical (unpaired) electrons. The lowest BCUT2D eigenvalue weighted by Gasteiger charge is -2.39. The van der Waals surface area contributed by atoms with Crippen molar-refractivity contribution in [3.8, 4) is 11.5 Å². The number of Topliss-reactive ketones (excluding diaryl/α,β-unsaturated/α-hetero) is 1. The molecule has 1 heterocycles. The maximum Gasteiger partial charge on any atom is 0.168 e. The summed E-state index contributed by atoms with van der Waals surface area (Å²) in [6.45, 7) is -0.546. The number of ether oxygens (including phenoxy) is 2. The van der Waals surface area contributed by atoms with Crippen molar-refractivity contribution in [2.24, 2.45) is 0 Å². The van der Waals surface area contributed by atoms with Gasteiger partial charge in [-0.25, -0.2) is 0 Å². The Morgan fingerprint density at radius 1 is 1.06 bits per heavy atom. The molecule has 0 aromatic heterocycles. The molecule has 5 N–H and O–H groups in total. The number of aryl methyl sites for hydroxylation is 1. The number of carbonyl (C=O) groups excluding carboxylic acids is 1. The summed E-state index contributed by atoms with van der Waals surface area (Å²) in [5.41, 5.74) is -0.0174. The topological polar surface area (TPSA) is 137 Å². The van der Waals surface area contributed by atoms with Crippen molar-refractivity contribution in [2.75, 3.05) is 13.7 Å². The van der Waals surface area contributed by atoms with Gasteiger partial charge < -0.3 is 35.0 Å². The number of benzene rings is 2. The first-order chi connectivity index (χ1) is 14.8. The number of thioether (sulfide) groups is 1. The Bertz CT molecular complexity index is 886. The second-order valence-electron chi connectivity index (χ2n) is 7.24. The van der Waals surface area contributed by atoms with E-state index < -0.39 is 36.5 Å². The maximum atomic E-state index is 12.9. The zero-order chi connectivity index (χ0) is 22.5. The number of aromatic hydroxyl groups is 1. The highest BCUT2D eigenvalue weighted by atomic mass is 32.2. The van der Waals surface area contributed by atoms with E-state index in [0.29, 0.717) is 17.1 Å². The molecule has 168 valence electrons. The molecule has 1 fully saturated rings. The van der Waals surface area contributed by atoms with Gasteiger partial charge in [0.1, 0.15) is 41.4 Å². The van der Waals surface area contributed by atoms with Crippen LogP contribution in [0.5, 0.6) is 11.5 Å². The van der Waals surface area contributed by atoms with Gasteiger partial charge in [0, 0.05) is 11.3 Å². The molecule has 1 saturated heterocycles. The Kier molecular flexibility index (Phi) is 7.93. The SMILES string of the molecule is COc1ccc(CCC(=O)c2c(O)cccc2S[C@@H]2O[C@H](CO)[C@@H](O)[C@H](O)[C@H]2O)cc1. The number of aliphatic hydroxyl groups is 4. The zero-order valence-electron chi connectivity index (χ0n) is 16.9. The molecule has 1 aliphatic rings. The molecule has 0 unspecified atom stereocenters. The number of carbonyl (C=O) groups is 1. The summed E-state index contributed by atoms with van der Waals surface area (Å²) in [5, 5.41) is 49.9. The van der Waals surface area contributed by atoms with Crippen LogP contribution in [-0.2, 0) is 11.2 Å². The van der Waals surface area contributed by atoms with Crippen molar-refractivity contribution in [1.82, 2.24) is 0 Å². The van der Waals surface area contributed by atoms with E-state index in [1.807, 2.05) is 12.1 Å². The van der Waals surface area contributed by atoms with Gasteiger partial charge in [-0.2, -0.15) is 0 Å². The molecule has 31 heavy (non-hydrogen) atoms. The number of methoxy groups -OCH3 is 1. The predicted octanol–water partition coefficient (Wildman–Crippen LogP) is 1.11. The predicted molar refractivity (Wildman–Crippen MR) is 113 cm³/mol. The molecule has 2 aromatic rings. The Hall–Kier alpha value is -2.14. The molecule has 1 aliphatic heterocycles. The van der Waals surface area contributed by atoms with Crippen LogP contribution in [0.1, 0.15) is 22.3 Å². The van der Waals surface area contributed by atoms with Gasteiger partial charge in [-0.05, 0) is 36.2 Å². The number of hydrogen-bond donors (Lipinski definition) is 5. The average molecular weight is 451 g/mol. The van der Waals surface area contributed by atoms with Crippen LogP contribution in [0.2, 0.25) is 0 Å². The summed E-state index contributed by atoms with van der Waals surface area (Å²) >= 11 is 0.941. The quantitative estimate of drug-likeness (QED) is 0.375. The van der Waals surface area contributed by atoms with E-state index >= 15 is 0 Å². The molecule has 0 bridgehead atoms. The van der Waals surface area contributed by atoms with Crippen LogP contribution in [-0.4, -0.2) is 74.9 Å². The number of hydrogen-bond acceptors (Lipinski definition) is 9. The number of rotatable bonds is 8. The lowest BCUT2D eigenvalue weighted by molar-refractivity contribution is -0.205. The molecule has 3 rings (SSSR count). The maximum absolute atomic E-state index is 12.9. The van der Waals surface area contributed by atoms with Crippen molar-refractivity contribution in [3.05, 3.63) is 53.6 Å². The highest BCUT2D eigenvalue weighted by Crippen LogP contribution is 2.38. The second-order valence-corrected chi connectivity index (χ2v) is 8.38. The Balaban J connectivity index is 1.75. The molecule has 5 atom stereocenters. The number of ketones is 1. The third-order valence-corrected chi connectivity index (χ3v) is 6.39. The first-order valence-corrected chi connectivity index (χ1v) is 10.7. The van der Waals surface area contributed by atoms with Gasteiger partial charge in [0.2, 0.25) is 0 Å². The van der Waals surface area contributed by atoms with E-state index in [9.17, 15) is 30.3 Å². The largest absolute Gasteiger partial charge is 0.507 e. The fourth-order valence-electron chi connectivity index (χ4n) is 3.36. The molecule has 8 nitrogen and oxygen atoms in total. The van der Waals surface area contributed by atoms with Crippen molar-refractivity contribution in [2.45, 2.75) is 47.6 Å². The van der Waals surface area contributed by atoms with Gasteiger partial charge in [0.25, 0.3) is 0 Å². The van der Waals surface area contributed by atoms with E-state index in [0.717, 1.165) is 17.3 Å². The highest BCUT2D eigenvalue weighted by Gasteiger charge is 2.44. The van der Waals surface area contributed by atoms with Crippen LogP contribution >= 0.6 is 11.8 Å². The van der Waals surface area contributed by atoms with Gasteiger partial charge in [-0.3, -0.25) is 4.79 Å². The average Bonchev–Trinajstić information content (AvgIpc) is 2.78. The van der Waals surface area contributed by atoms with Crippen LogP contribution < -0.4 is 4.74 Å². The Morgan fingerprint density at radius 2 is 1.77 bits per heavy atom. The van der Waals surface area contributed by atoms with Crippen molar-refractivity contribution in [1.29, 1.82) is 0 Å². The summed E-state index contributed by atoms with van der Waals surface area (Å²) in [4.78, 5) is 13.3. The molecule has 0 saturated carbocycles. The van der Waals surface area contributed by atoms with E-state index in [-0.39, 0.29) is 23.5 Å². The summed E-state index contributed by atoms with van der Waals surface area (Å²) in [6, 6.07) is 11.9. The van der Waals surface area contributed by atoms with Crippen LogP contribution in [0.25, 0.3) is 0 Å². The van der Waals surface area contributed by atoms with E-state index in [1.54, 1.807) is 31.4 Å². The lowest BCUT2D eigenvalue weighted by Crippen LogP contribution is -2.57. The van der Waals surface area contributed by atoms with Gasteiger partial charge in [-0.15, -0.1) is 0 Å². The van der Waals surface area contributed by atoms with Gasteiger partial charge in [0.05, 0.1) is 19.3 Å². The van der Waals surface area contributed by atoms with Crippen LogP contribution in [0.3, 0.4) is 0 Å². The minimum absolute atomic E-state index is 0.0953. The monoisotopic (exact) mass is 450 g/mol. The van der Waals surface area contributed by atoms with E-state index in [1.165, 1.54) is 6.07 Å². The molecule has 0 aliphatic carbocycles. The van der Waals surface area contributed by atoms with Crippen molar-refractivity contribution < 1.29 is 39.8 Å². The summed E-state index contributed by atoms with van der Waals surface area (Å²) in [7, 11) is 1.57. The molecular formula is C22H26O8S. The minimum Gasteiger partial charge on any atom is -0.507 e. The zero-order valence-corrected chi connectivity index (χ0v) is 17.7. The standard InChI is InChI=1S/C22H26O8S/c1-29-13-8-5-12(6-9-13)7-10-15(25)18-14(24)3-2-4-17(18)31-22-21(28)20(27)19(26)16(11-23)30-22/h2-6,8-9,16,19-24,26-28H,7,10-11H2,1H3/t16-,19-,20+,21-,22+/m1/s1. The molecule has 0 spiro atoms. The van der Waals surface area contributed by atoms with E-state index in [2.05, 4.69) is 0 Å². The third kappa shape index (κ3) is 5.38. The van der Waals surface area contributed by atoms with Gasteiger partial charge >= 0.3 is 0 Å². The fraction of sp³-hybridized carbons (Fsp3) is 0.409. The third-order valence-electron chi connectivity index (χ3n) is 5.17. The van der Waals surface area contributed by atoms with Gasteiger partial charge in [0.15, 0.2) is 5.78 Å². The Labute approximate surface area is 184 Å². The van der Waals surface area contributed by atoms with Crippen molar-refractivity contribution >= 4 is 17.5 Å². The molecular weight excluding hydrogens is 424 g/mol. The number of phenols is 1. The molecule has 2 aromatic carbocycles. The molecule has 0 amide bonds. The first kappa shape index (κ1) is 23.5. The summed E-state index contributed by atoms with van der Waals surface area (Å²) in [6.07, 6.45) is -4.88. The summed E-state index contributed by atoms with van der Waals surface area (Å²) < 4.78 is 10.6. The number of phenolic OH excluding ortho intramolecular Hbond substituents is 1. The van der Waals surface area contributed by atoms with Crippen molar-refractivity contribution in [3.63, 3.8) is 0 Å². The highest BCUT2D eigenvalue weighted by molar-refractivity contribution is 8.00. The molecule has 9 heteroatoms. The van der Waals surface area contributed by atoms with Gasteiger partial charge in [-0.1, -0.05) is 30.0 Å². The minimum atomic E-state index is -1.52. The van der Waals surface area contributed by atoms with Crippen LogP contribution in [0.4, 0.5) is 0 Å². The fourth-order valence-corrected chi connectivity index (χ4v) is 4.61.